The number of aromatic nitrogens is 4. The van der Waals surface area contributed by atoms with Gasteiger partial charge in [0.25, 0.3) is 0 Å². The number of hydrogen-bond donors (Lipinski definition) is 1. The summed E-state index contributed by atoms with van der Waals surface area (Å²) in [6.07, 6.45) is 1.71. The molecule has 0 saturated heterocycles. The summed E-state index contributed by atoms with van der Waals surface area (Å²) in [6, 6.07) is 0. The van der Waals surface area contributed by atoms with Crippen LogP contribution >= 0.6 is 11.3 Å². The van der Waals surface area contributed by atoms with Crippen molar-refractivity contribution in [3.8, 4) is 0 Å². The number of nitrogens with zero attached hydrogens (tertiary/aromatic N) is 4. The predicted octanol–water partition coefficient (Wildman–Crippen LogP) is 1.60. The second kappa shape index (κ2) is 4.62. The lowest BCUT2D eigenvalue weighted by molar-refractivity contribution is 0.0688. The van der Waals surface area contributed by atoms with Crippen molar-refractivity contribution >= 4 is 17.3 Å². The van der Waals surface area contributed by atoms with E-state index in [4.69, 9.17) is 5.11 Å². The van der Waals surface area contributed by atoms with Crippen molar-refractivity contribution in [2.75, 3.05) is 0 Å². The fourth-order valence-electron chi connectivity index (χ4n) is 1.62. The summed E-state index contributed by atoms with van der Waals surface area (Å²) < 4.78 is 1.60. The summed E-state index contributed by atoms with van der Waals surface area (Å²) >= 11 is 1.51. The van der Waals surface area contributed by atoms with Crippen molar-refractivity contribution in [2.24, 2.45) is 0 Å². The van der Waals surface area contributed by atoms with Gasteiger partial charge in [-0.15, -0.1) is 16.4 Å². The molecule has 2 rings (SSSR count). The van der Waals surface area contributed by atoms with Crippen LogP contribution in [-0.2, 0) is 6.54 Å². The Kier molecular flexibility index (Phi) is 3.19. The van der Waals surface area contributed by atoms with Crippen molar-refractivity contribution in [3.63, 3.8) is 0 Å². The molecule has 0 saturated carbocycles. The minimum atomic E-state index is -1.04. The maximum Gasteiger partial charge on any atom is 0.358 e. The summed E-state index contributed by atoms with van der Waals surface area (Å²) in [5.74, 6) is -0.991. The molecule has 17 heavy (non-hydrogen) atoms. The molecule has 6 nitrogen and oxygen atoms in total. The first-order chi connectivity index (χ1) is 8.09. The molecule has 0 aromatic carbocycles. The first kappa shape index (κ1) is 11.7. The predicted molar refractivity (Wildman–Crippen MR) is 62.3 cm³/mol. The number of carbonyl (C=O) groups is 1. The molecule has 0 radical (unpaired) electrons. The van der Waals surface area contributed by atoms with E-state index in [0.29, 0.717) is 12.2 Å². The van der Waals surface area contributed by atoms with Crippen LogP contribution in [0.3, 0.4) is 0 Å². The quantitative estimate of drug-likeness (QED) is 0.894. The zero-order valence-electron chi connectivity index (χ0n) is 9.49. The third-order valence-corrected chi connectivity index (χ3v) is 3.06. The van der Waals surface area contributed by atoms with Gasteiger partial charge in [0.05, 0.1) is 12.2 Å². The molecule has 0 bridgehead atoms. The molecule has 90 valence electrons. The van der Waals surface area contributed by atoms with Crippen LogP contribution in [0.4, 0.5) is 0 Å². The minimum Gasteiger partial charge on any atom is -0.476 e. The molecule has 0 atom stereocenters. The number of carboxylic acid groups (broad SMARTS) is 1. The van der Waals surface area contributed by atoms with Crippen molar-refractivity contribution in [3.05, 3.63) is 28.0 Å². The van der Waals surface area contributed by atoms with Gasteiger partial charge in [-0.3, -0.25) is 0 Å². The maximum absolute atomic E-state index is 11.0. The Balaban J connectivity index is 2.37. The molecule has 0 aliphatic heterocycles. The molecule has 1 N–H and O–H groups in total. The molecule has 2 aromatic rings. The van der Waals surface area contributed by atoms with E-state index < -0.39 is 5.97 Å². The highest BCUT2D eigenvalue weighted by molar-refractivity contribution is 7.09. The van der Waals surface area contributed by atoms with E-state index in [2.05, 4.69) is 15.3 Å². The van der Waals surface area contributed by atoms with Gasteiger partial charge in [-0.25, -0.2) is 14.5 Å². The summed E-state index contributed by atoms with van der Waals surface area (Å²) in [5.41, 5.74) is 0.657. The van der Waals surface area contributed by atoms with Crippen LogP contribution in [0.2, 0.25) is 0 Å². The third kappa shape index (κ3) is 2.33. The van der Waals surface area contributed by atoms with Gasteiger partial charge in [0.1, 0.15) is 5.01 Å². The van der Waals surface area contributed by atoms with Crippen LogP contribution in [0.25, 0.3) is 0 Å². The van der Waals surface area contributed by atoms with Crippen LogP contribution in [0.5, 0.6) is 0 Å². The lowest BCUT2D eigenvalue weighted by Gasteiger charge is -2.08. The van der Waals surface area contributed by atoms with Gasteiger partial charge < -0.3 is 5.11 Å². The molecule has 0 fully saturated rings. The summed E-state index contributed by atoms with van der Waals surface area (Å²) in [7, 11) is 0. The Bertz CT molecular complexity index is 518. The second-order valence-electron chi connectivity index (χ2n) is 3.87. The fraction of sp³-hybridized carbons (Fsp3) is 0.400. The topological polar surface area (TPSA) is 80.9 Å². The Morgan fingerprint density at radius 1 is 1.59 bits per heavy atom. The number of aromatic carboxylic acids is 1. The summed E-state index contributed by atoms with van der Waals surface area (Å²) in [6.45, 7) is 4.30. The molecule has 0 aliphatic carbocycles. The molecule has 0 spiro atoms. The zero-order valence-corrected chi connectivity index (χ0v) is 10.3. The third-order valence-electron chi connectivity index (χ3n) is 2.29. The lowest BCUT2D eigenvalue weighted by Crippen LogP contribution is -2.10. The number of rotatable bonds is 4. The van der Waals surface area contributed by atoms with E-state index in [1.807, 2.05) is 19.2 Å². The van der Waals surface area contributed by atoms with Crippen LogP contribution in [0.1, 0.15) is 41.0 Å². The Hall–Kier alpha value is -1.76. The Labute approximate surface area is 102 Å². The summed E-state index contributed by atoms with van der Waals surface area (Å²) in [5, 5.41) is 19.4. The molecule has 2 aromatic heterocycles. The molecule has 0 amide bonds. The lowest BCUT2D eigenvalue weighted by atomic mass is 10.1. The van der Waals surface area contributed by atoms with E-state index in [1.54, 1.807) is 10.9 Å². The van der Waals surface area contributed by atoms with Gasteiger partial charge in [0.2, 0.25) is 0 Å². The highest BCUT2D eigenvalue weighted by atomic mass is 32.1. The second-order valence-corrected chi connectivity index (χ2v) is 4.85. The van der Waals surface area contributed by atoms with Gasteiger partial charge in [-0.2, -0.15) is 0 Å². The van der Waals surface area contributed by atoms with E-state index in [9.17, 15) is 4.79 Å². The number of thiazole rings is 1. The average Bonchev–Trinajstić information content (AvgIpc) is 2.86. The van der Waals surface area contributed by atoms with Crippen molar-refractivity contribution in [1.82, 2.24) is 20.0 Å². The van der Waals surface area contributed by atoms with Crippen LogP contribution in [0.15, 0.2) is 11.6 Å². The molecule has 7 heteroatoms. The van der Waals surface area contributed by atoms with Crippen molar-refractivity contribution in [2.45, 2.75) is 26.3 Å². The van der Waals surface area contributed by atoms with Crippen molar-refractivity contribution < 1.29 is 9.90 Å². The number of carboxylic acids is 1. The van der Waals surface area contributed by atoms with Crippen LogP contribution in [0, 0.1) is 0 Å². The average molecular weight is 252 g/mol. The monoisotopic (exact) mass is 252 g/mol. The SMILES string of the molecule is CC(C)c1c(C(=O)O)nnn1Cc1nccs1. The van der Waals surface area contributed by atoms with Gasteiger partial charge in [-0.05, 0) is 5.92 Å². The van der Waals surface area contributed by atoms with E-state index in [-0.39, 0.29) is 11.6 Å². The van der Waals surface area contributed by atoms with Gasteiger partial charge in [0.15, 0.2) is 5.69 Å². The van der Waals surface area contributed by atoms with E-state index in [1.165, 1.54) is 11.3 Å². The maximum atomic E-state index is 11.0. The van der Waals surface area contributed by atoms with Gasteiger partial charge in [-0.1, -0.05) is 19.1 Å². The van der Waals surface area contributed by atoms with Crippen molar-refractivity contribution in [1.29, 1.82) is 0 Å². The Morgan fingerprint density at radius 2 is 2.35 bits per heavy atom. The fourth-order valence-corrected chi connectivity index (χ4v) is 2.22. The van der Waals surface area contributed by atoms with Crippen LogP contribution in [-0.4, -0.2) is 31.1 Å². The standard InChI is InChI=1S/C10H12N4O2S/c1-6(2)9-8(10(15)16)12-13-14(9)5-7-11-3-4-17-7/h3-4,6H,5H2,1-2H3,(H,15,16). The molecule has 0 unspecified atom stereocenters. The Morgan fingerprint density at radius 3 is 2.88 bits per heavy atom. The first-order valence-electron chi connectivity index (χ1n) is 5.14. The normalized spacial score (nSPS) is 11.0. The van der Waals surface area contributed by atoms with E-state index >= 15 is 0 Å². The largest absolute Gasteiger partial charge is 0.476 e. The highest BCUT2D eigenvalue weighted by Crippen LogP contribution is 2.19. The molecular formula is C10H12N4O2S. The minimum absolute atomic E-state index is 0.0246. The van der Waals surface area contributed by atoms with Gasteiger partial charge >= 0.3 is 5.97 Å². The molecule has 0 aliphatic rings. The first-order valence-corrected chi connectivity index (χ1v) is 6.02. The smallest absolute Gasteiger partial charge is 0.358 e. The molecule has 2 heterocycles. The number of hydrogen-bond acceptors (Lipinski definition) is 5. The zero-order chi connectivity index (χ0) is 12.4. The van der Waals surface area contributed by atoms with Gasteiger partial charge in [0, 0.05) is 11.6 Å². The highest BCUT2D eigenvalue weighted by Gasteiger charge is 2.21. The van der Waals surface area contributed by atoms with Crippen LogP contribution < -0.4 is 0 Å². The van der Waals surface area contributed by atoms with E-state index in [0.717, 1.165) is 5.01 Å². The summed E-state index contributed by atoms with van der Waals surface area (Å²) in [4.78, 5) is 15.2. The molecular weight excluding hydrogens is 240 g/mol.